The third kappa shape index (κ3) is 3.11. The molecule has 2 unspecified atom stereocenters. The van der Waals surface area contributed by atoms with Gasteiger partial charge in [0.05, 0.1) is 18.5 Å². The number of hydrogen-bond donors (Lipinski definition) is 3. The molecule has 1 aliphatic rings. The summed E-state index contributed by atoms with van der Waals surface area (Å²) in [4.78, 5) is 40.1. The third-order valence-electron chi connectivity index (χ3n) is 5.27. The zero-order valence-electron chi connectivity index (χ0n) is 16.5. The first-order chi connectivity index (χ1) is 13.7. The molecular formula is C21H24N4O4. The van der Waals surface area contributed by atoms with E-state index >= 15 is 0 Å². The van der Waals surface area contributed by atoms with E-state index in [4.69, 9.17) is 16.2 Å². The van der Waals surface area contributed by atoms with Crippen LogP contribution in [0.1, 0.15) is 19.4 Å². The van der Waals surface area contributed by atoms with E-state index in [0.717, 1.165) is 0 Å². The van der Waals surface area contributed by atoms with Gasteiger partial charge in [0.2, 0.25) is 5.91 Å². The topological polar surface area (TPSA) is 128 Å². The molecular weight excluding hydrogens is 372 g/mol. The van der Waals surface area contributed by atoms with Gasteiger partial charge in [0.15, 0.2) is 11.6 Å². The first-order valence-electron chi connectivity index (χ1n) is 9.19. The number of carbonyl (C=O) groups excluding carboxylic acids is 3. The summed E-state index contributed by atoms with van der Waals surface area (Å²) in [5.74, 6) is -1.95. The second-order valence-electron chi connectivity index (χ2n) is 7.17. The summed E-state index contributed by atoms with van der Waals surface area (Å²) >= 11 is 0. The fourth-order valence-corrected chi connectivity index (χ4v) is 3.82. The lowest BCUT2D eigenvalue weighted by Gasteiger charge is -2.45. The maximum absolute atomic E-state index is 13.4. The molecule has 8 heteroatoms. The van der Waals surface area contributed by atoms with Crippen LogP contribution in [0.5, 0.6) is 5.75 Å². The summed E-state index contributed by atoms with van der Waals surface area (Å²) in [5.41, 5.74) is 11.5. The molecule has 0 spiro atoms. The minimum Gasteiger partial charge on any atom is -0.497 e. The first-order valence-corrected chi connectivity index (χ1v) is 9.19. The van der Waals surface area contributed by atoms with E-state index in [1.54, 1.807) is 62.4 Å². The first kappa shape index (κ1) is 20.3. The molecule has 0 radical (unpaired) electrons. The van der Waals surface area contributed by atoms with Crippen LogP contribution in [0, 0.1) is 5.92 Å². The number of carbonyl (C=O) groups is 3. The predicted octanol–water partition coefficient (Wildman–Crippen LogP) is 1.34. The number of para-hydroxylation sites is 2. The van der Waals surface area contributed by atoms with Crippen molar-refractivity contribution in [3.63, 3.8) is 0 Å². The number of primary amides is 1. The zero-order chi connectivity index (χ0) is 21.3. The Morgan fingerprint density at radius 3 is 2.31 bits per heavy atom. The molecule has 1 heterocycles. The molecule has 2 atom stereocenters. The number of hydrogen-bond acceptors (Lipinski definition) is 5. The fraction of sp³-hybridized carbons (Fsp3) is 0.286. The van der Waals surface area contributed by atoms with E-state index in [9.17, 15) is 14.4 Å². The molecule has 0 saturated carbocycles. The molecule has 152 valence electrons. The molecule has 29 heavy (non-hydrogen) atoms. The van der Waals surface area contributed by atoms with Gasteiger partial charge in [-0.05, 0) is 35.7 Å². The van der Waals surface area contributed by atoms with E-state index < -0.39 is 35.2 Å². The maximum Gasteiger partial charge on any atom is 0.254 e. The minimum absolute atomic E-state index is 0.349. The van der Waals surface area contributed by atoms with Gasteiger partial charge in [0.1, 0.15) is 5.75 Å². The normalized spacial score (nSPS) is 18.5. The quantitative estimate of drug-likeness (QED) is 0.657. The van der Waals surface area contributed by atoms with Crippen LogP contribution in [0.4, 0.5) is 11.4 Å². The molecule has 1 aliphatic heterocycles. The van der Waals surface area contributed by atoms with Gasteiger partial charge in [-0.2, -0.15) is 0 Å². The summed E-state index contributed by atoms with van der Waals surface area (Å²) in [5, 5.41) is 2.65. The Morgan fingerprint density at radius 2 is 1.76 bits per heavy atom. The number of fused-ring (bicyclic) bond motifs is 1. The highest BCUT2D eigenvalue weighted by molar-refractivity contribution is 6.21. The molecule has 8 nitrogen and oxygen atoms in total. The minimum atomic E-state index is -1.58. The highest BCUT2D eigenvalue weighted by atomic mass is 16.5. The Labute approximate surface area is 168 Å². The predicted molar refractivity (Wildman–Crippen MR) is 109 cm³/mol. The number of amides is 3. The van der Waals surface area contributed by atoms with E-state index in [1.165, 1.54) is 12.0 Å². The molecule has 2 aromatic rings. The van der Waals surface area contributed by atoms with Crippen molar-refractivity contribution in [1.82, 2.24) is 0 Å². The standard InChI is InChI=1S/C21H24N4O4/c1-12(2)21(20(23)28,13-8-10-14(29-3)11-9-13)25-16-7-5-4-6-15(16)24-18(26)17(22)19(25)27/h4-12,17H,22H2,1-3H3,(H2,23,28)(H,24,26). The van der Waals surface area contributed by atoms with Gasteiger partial charge in [0.25, 0.3) is 11.8 Å². The fourth-order valence-electron chi connectivity index (χ4n) is 3.82. The number of anilines is 2. The number of nitrogens with two attached hydrogens (primary N) is 2. The Bertz CT molecular complexity index is 957. The van der Waals surface area contributed by atoms with Crippen LogP contribution in [-0.2, 0) is 19.9 Å². The van der Waals surface area contributed by atoms with E-state index in [1.807, 2.05) is 0 Å². The molecule has 2 aromatic carbocycles. The van der Waals surface area contributed by atoms with Crippen molar-refractivity contribution >= 4 is 29.1 Å². The van der Waals surface area contributed by atoms with Crippen molar-refractivity contribution in [1.29, 1.82) is 0 Å². The van der Waals surface area contributed by atoms with Crippen LogP contribution in [0.2, 0.25) is 0 Å². The Balaban J connectivity index is 2.35. The van der Waals surface area contributed by atoms with Gasteiger partial charge < -0.3 is 21.5 Å². The highest BCUT2D eigenvalue weighted by Crippen LogP contribution is 2.43. The van der Waals surface area contributed by atoms with E-state index in [2.05, 4.69) is 5.32 Å². The van der Waals surface area contributed by atoms with Crippen LogP contribution >= 0.6 is 0 Å². The van der Waals surface area contributed by atoms with Crippen molar-refractivity contribution in [2.24, 2.45) is 17.4 Å². The summed E-state index contributed by atoms with van der Waals surface area (Å²) in [7, 11) is 1.53. The van der Waals surface area contributed by atoms with Crippen LogP contribution in [0.15, 0.2) is 48.5 Å². The molecule has 0 fully saturated rings. The Morgan fingerprint density at radius 1 is 1.14 bits per heavy atom. The SMILES string of the molecule is COc1ccc(C(C(N)=O)(C(C)C)N2C(=O)C(N)C(=O)Nc3ccccc32)cc1. The highest BCUT2D eigenvalue weighted by Gasteiger charge is 2.53. The van der Waals surface area contributed by atoms with Gasteiger partial charge in [0, 0.05) is 0 Å². The number of ether oxygens (including phenoxy) is 1. The van der Waals surface area contributed by atoms with Crippen molar-refractivity contribution in [2.75, 3.05) is 17.3 Å². The van der Waals surface area contributed by atoms with Gasteiger partial charge in [-0.3, -0.25) is 19.3 Å². The molecule has 5 N–H and O–H groups in total. The summed E-state index contributed by atoms with van der Waals surface area (Å²) < 4.78 is 5.21. The molecule has 0 aromatic heterocycles. The molecule has 0 aliphatic carbocycles. The zero-order valence-corrected chi connectivity index (χ0v) is 16.5. The molecule has 0 saturated heterocycles. The number of benzene rings is 2. The van der Waals surface area contributed by atoms with Crippen LogP contribution in [0.3, 0.4) is 0 Å². The third-order valence-corrected chi connectivity index (χ3v) is 5.27. The summed E-state index contributed by atoms with van der Waals surface area (Å²) in [6.45, 7) is 3.58. The average molecular weight is 396 g/mol. The second kappa shape index (κ2) is 7.56. The van der Waals surface area contributed by atoms with Crippen molar-refractivity contribution in [3.05, 3.63) is 54.1 Å². The number of nitrogens with one attached hydrogen (secondary N) is 1. The largest absolute Gasteiger partial charge is 0.497 e. The lowest BCUT2D eigenvalue weighted by Crippen LogP contribution is -2.64. The van der Waals surface area contributed by atoms with E-state index in [-0.39, 0.29) is 0 Å². The lowest BCUT2D eigenvalue weighted by molar-refractivity contribution is -0.133. The van der Waals surface area contributed by atoms with E-state index in [0.29, 0.717) is 22.7 Å². The van der Waals surface area contributed by atoms with Gasteiger partial charge in [-0.1, -0.05) is 38.1 Å². The van der Waals surface area contributed by atoms with Crippen LogP contribution < -0.4 is 26.4 Å². The smallest absolute Gasteiger partial charge is 0.254 e. The Hall–Kier alpha value is -3.39. The maximum atomic E-state index is 13.4. The lowest BCUT2D eigenvalue weighted by atomic mass is 9.76. The molecule has 0 bridgehead atoms. The average Bonchev–Trinajstić information content (AvgIpc) is 2.79. The van der Waals surface area contributed by atoms with Crippen LogP contribution in [-0.4, -0.2) is 30.9 Å². The summed E-state index contributed by atoms with van der Waals surface area (Å²) in [6, 6.07) is 12.0. The number of rotatable bonds is 5. The monoisotopic (exact) mass is 396 g/mol. The van der Waals surface area contributed by atoms with Gasteiger partial charge in [-0.25, -0.2) is 0 Å². The number of methoxy groups -OCH3 is 1. The second-order valence-corrected chi connectivity index (χ2v) is 7.17. The molecule has 3 amide bonds. The van der Waals surface area contributed by atoms with Crippen molar-refractivity contribution in [3.8, 4) is 5.75 Å². The van der Waals surface area contributed by atoms with Gasteiger partial charge >= 0.3 is 0 Å². The van der Waals surface area contributed by atoms with Gasteiger partial charge in [-0.15, -0.1) is 0 Å². The van der Waals surface area contributed by atoms with Crippen molar-refractivity contribution < 1.29 is 19.1 Å². The molecule has 3 rings (SSSR count). The Kier molecular flexibility index (Phi) is 5.30. The van der Waals surface area contributed by atoms with Crippen LogP contribution in [0.25, 0.3) is 0 Å². The van der Waals surface area contributed by atoms with Crippen molar-refractivity contribution in [2.45, 2.75) is 25.4 Å². The summed E-state index contributed by atoms with van der Waals surface area (Å²) in [6.07, 6.45) is 0. The number of nitrogens with zero attached hydrogens (tertiary/aromatic N) is 1.